The Morgan fingerprint density at radius 3 is 2.61 bits per heavy atom. The van der Waals surface area contributed by atoms with E-state index in [4.69, 9.17) is 0 Å². The van der Waals surface area contributed by atoms with E-state index in [0.717, 1.165) is 16.8 Å². The van der Waals surface area contributed by atoms with E-state index in [2.05, 4.69) is 15.2 Å². The predicted molar refractivity (Wildman–Crippen MR) is 124 cm³/mol. The summed E-state index contributed by atoms with van der Waals surface area (Å²) in [4.78, 5) is 32.4. The van der Waals surface area contributed by atoms with Crippen molar-refractivity contribution in [2.24, 2.45) is 11.8 Å². The standard InChI is InChI=1S/C26H28N4O3/c1-17(19-6-3-2-4-7-19)28-26(33)25-21(16-31)20-15-29-22(8-5-9-23(29)32)24(20)30(25)14-18-10-12-27-13-11-18/h2-13,17,20-21,24-25,31H,14-16H2,1H3,(H,28,33)/t17-,20+,21+,24-,25+/m1/s1. The fourth-order valence-electron chi connectivity index (χ4n) is 5.56. The number of hydrogen-bond donors (Lipinski definition) is 2. The molecule has 7 nitrogen and oxygen atoms in total. The van der Waals surface area contributed by atoms with Gasteiger partial charge in [-0.25, -0.2) is 0 Å². The lowest BCUT2D eigenvalue weighted by atomic mass is 9.88. The second-order valence-electron chi connectivity index (χ2n) is 8.97. The molecule has 0 aliphatic carbocycles. The van der Waals surface area contributed by atoms with Crippen molar-refractivity contribution >= 4 is 5.91 Å². The summed E-state index contributed by atoms with van der Waals surface area (Å²) in [6.07, 6.45) is 3.48. The number of fused-ring (bicyclic) bond motifs is 3. The predicted octanol–water partition coefficient (Wildman–Crippen LogP) is 2.28. The highest BCUT2D eigenvalue weighted by Crippen LogP contribution is 2.49. The first-order valence-electron chi connectivity index (χ1n) is 11.4. The molecule has 2 N–H and O–H groups in total. The summed E-state index contributed by atoms with van der Waals surface area (Å²) in [5, 5.41) is 13.6. The Morgan fingerprint density at radius 2 is 1.88 bits per heavy atom. The Labute approximate surface area is 192 Å². The van der Waals surface area contributed by atoms with E-state index >= 15 is 0 Å². The molecule has 1 amide bonds. The molecule has 5 rings (SSSR count). The number of aliphatic hydroxyl groups is 1. The van der Waals surface area contributed by atoms with Crippen molar-refractivity contribution in [3.63, 3.8) is 0 Å². The van der Waals surface area contributed by atoms with Crippen LogP contribution >= 0.6 is 0 Å². The molecule has 1 aromatic carbocycles. The molecular weight excluding hydrogens is 416 g/mol. The van der Waals surface area contributed by atoms with Crippen LogP contribution in [0.15, 0.2) is 77.9 Å². The second kappa shape index (κ2) is 8.92. The van der Waals surface area contributed by atoms with Crippen molar-refractivity contribution in [1.29, 1.82) is 0 Å². The van der Waals surface area contributed by atoms with Crippen LogP contribution < -0.4 is 10.9 Å². The fraction of sp³-hybridized carbons (Fsp3) is 0.346. The molecule has 0 spiro atoms. The molecule has 1 saturated heterocycles. The molecule has 0 bridgehead atoms. The summed E-state index contributed by atoms with van der Waals surface area (Å²) in [6, 6.07) is 18.3. The van der Waals surface area contributed by atoms with E-state index in [1.807, 2.05) is 55.5 Å². The van der Waals surface area contributed by atoms with Crippen LogP contribution in [0, 0.1) is 11.8 Å². The van der Waals surface area contributed by atoms with Crippen molar-refractivity contribution in [1.82, 2.24) is 19.8 Å². The zero-order chi connectivity index (χ0) is 22.9. The van der Waals surface area contributed by atoms with Gasteiger partial charge in [0.1, 0.15) is 0 Å². The average Bonchev–Trinajstić information content (AvgIpc) is 3.36. The molecule has 2 aromatic heterocycles. The number of hydrogen-bond acceptors (Lipinski definition) is 5. The lowest BCUT2D eigenvalue weighted by molar-refractivity contribution is -0.128. The highest BCUT2D eigenvalue weighted by atomic mass is 16.3. The topological polar surface area (TPSA) is 87.5 Å². The molecule has 0 saturated carbocycles. The SMILES string of the molecule is C[C@@H](NC(=O)[C@@H]1[C@@H](CO)[C@@H]2Cn3c(cccc3=O)[C@@H]2N1Cc1ccncc1)c1ccccc1. The van der Waals surface area contributed by atoms with Gasteiger partial charge in [0.05, 0.1) is 18.1 Å². The number of carbonyl (C=O) groups excluding carboxylic acids is 1. The molecule has 4 heterocycles. The van der Waals surface area contributed by atoms with Gasteiger partial charge in [0.2, 0.25) is 5.91 Å². The van der Waals surface area contributed by atoms with Gasteiger partial charge in [0.15, 0.2) is 0 Å². The molecule has 5 atom stereocenters. The quantitative estimate of drug-likeness (QED) is 0.609. The van der Waals surface area contributed by atoms with Crippen LogP contribution in [0.25, 0.3) is 0 Å². The van der Waals surface area contributed by atoms with Crippen molar-refractivity contribution in [2.45, 2.75) is 38.1 Å². The van der Waals surface area contributed by atoms with E-state index in [-0.39, 0.29) is 42.0 Å². The number of aromatic nitrogens is 2. The van der Waals surface area contributed by atoms with Gasteiger partial charge >= 0.3 is 0 Å². The molecule has 1 fully saturated rings. The molecular formula is C26H28N4O3. The summed E-state index contributed by atoms with van der Waals surface area (Å²) in [5.41, 5.74) is 2.93. The van der Waals surface area contributed by atoms with Gasteiger partial charge < -0.3 is 15.0 Å². The number of benzene rings is 1. The minimum absolute atomic E-state index is 0.0188. The van der Waals surface area contributed by atoms with Gasteiger partial charge in [0.25, 0.3) is 5.56 Å². The molecule has 2 aliphatic heterocycles. The number of rotatable bonds is 6. The summed E-state index contributed by atoms with van der Waals surface area (Å²) >= 11 is 0. The first-order valence-corrected chi connectivity index (χ1v) is 11.4. The minimum Gasteiger partial charge on any atom is -0.396 e. The minimum atomic E-state index is -0.506. The van der Waals surface area contributed by atoms with Crippen LogP contribution in [0.5, 0.6) is 0 Å². The third-order valence-electron chi connectivity index (χ3n) is 7.11. The summed E-state index contributed by atoms with van der Waals surface area (Å²) in [7, 11) is 0. The van der Waals surface area contributed by atoms with E-state index in [0.29, 0.717) is 13.1 Å². The van der Waals surface area contributed by atoms with Gasteiger partial charge in [0, 0.05) is 55.7 Å². The number of aliphatic hydroxyl groups excluding tert-OH is 1. The third-order valence-corrected chi connectivity index (χ3v) is 7.11. The Morgan fingerprint density at radius 1 is 1.12 bits per heavy atom. The lowest BCUT2D eigenvalue weighted by Gasteiger charge is -2.31. The lowest BCUT2D eigenvalue weighted by Crippen LogP contribution is -2.48. The van der Waals surface area contributed by atoms with Crippen LogP contribution in [0.4, 0.5) is 0 Å². The number of nitrogens with zero attached hydrogens (tertiary/aromatic N) is 3. The molecule has 0 unspecified atom stereocenters. The average molecular weight is 445 g/mol. The van der Waals surface area contributed by atoms with E-state index < -0.39 is 6.04 Å². The second-order valence-corrected chi connectivity index (χ2v) is 8.97. The maximum Gasteiger partial charge on any atom is 0.250 e. The Bertz CT molecular complexity index is 1180. The monoisotopic (exact) mass is 444 g/mol. The third kappa shape index (κ3) is 3.87. The molecule has 0 radical (unpaired) electrons. The maximum atomic E-state index is 13.7. The summed E-state index contributed by atoms with van der Waals surface area (Å²) in [5.74, 6) is -0.396. The maximum absolute atomic E-state index is 13.7. The number of pyridine rings is 2. The molecule has 7 heteroatoms. The van der Waals surface area contributed by atoms with Crippen LogP contribution in [0.2, 0.25) is 0 Å². The number of carbonyl (C=O) groups is 1. The number of likely N-dealkylation sites (tertiary alicyclic amines) is 1. The van der Waals surface area contributed by atoms with Crippen LogP contribution in [-0.2, 0) is 17.9 Å². The van der Waals surface area contributed by atoms with Gasteiger partial charge in [-0.15, -0.1) is 0 Å². The Kier molecular flexibility index (Phi) is 5.83. The van der Waals surface area contributed by atoms with Crippen LogP contribution in [0.3, 0.4) is 0 Å². The van der Waals surface area contributed by atoms with Crippen molar-refractivity contribution in [3.05, 3.63) is 100 Å². The van der Waals surface area contributed by atoms with Gasteiger partial charge in [-0.2, -0.15) is 0 Å². The largest absolute Gasteiger partial charge is 0.396 e. The Hall–Kier alpha value is -3.29. The number of nitrogens with one attached hydrogen (secondary N) is 1. The zero-order valence-corrected chi connectivity index (χ0v) is 18.5. The Balaban J connectivity index is 1.51. The van der Waals surface area contributed by atoms with E-state index in [1.54, 1.807) is 29.1 Å². The van der Waals surface area contributed by atoms with Crippen molar-refractivity contribution < 1.29 is 9.90 Å². The number of amides is 1. The first-order chi connectivity index (χ1) is 16.1. The van der Waals surface area contributed by atoms with Gasteiger partial charge in [-0.05, 0) is 36.2 Å². The molecule has 2 aliphatic rings. The molecule has 3 aromatic rings. The van der Waals surface area contributed by atoms with Gasteiger partial charge in [-0.3, -0.25) is 19.5 Å². The van der Waals surface area contributed by atoms with Crippen molar-refractivity contribution in [3.8, 4) is 0 Å². The summed E-state index contributed by atoms with van der Waals surface area (Å²) in [6.45, 7) is 2.89. The highest BCUT2D eigenvalue weighted by Gasteiger charge is 2.55. The smallest absolute Gasteiger partial charge is 0.250 e. The van der Waals surface area contributed by atoms with Crippen LogP contribution in [-0.4, -0.2) is 38.1 Å². The summed E-state index contributed by atoms with van der Waals surface area (Å²) < 4.78 is 1.79. The van der Waals surface area contributed by atoms with Gasteiger partial charge in [-0.1, -0.05) is 36.4 Å². The first kappa shape index (κ1) is 21.6. The van der Waals surface area contributed by atoms with E-state index in [9.17, 15) is 14.7 Å². The van der Waals surface area contributed by atoms with Crippen molar-refractivity contribution in [2.75, 3.05) is 6.61 Å². The molecule has 33 heavy (non-hydrogen) atoms. The van der Waals surface area contributed by atoms with E-state index in [1.165, 1.54) is 0 Å². The fourth-order valence-corrected chi connectivity index (χ4v) is 5.56. The normalized spacial score (nSPS) is 24.8. The van der Waals surface area contributed by atoms with Crippen LogP contribution in [0.1, 0.15) is 35.8 Å². The highest BCUT2D eigenvalue weighted by molar-refractivity contribution is 5.83. The molecule has 170 valence electrons. The zero-order valence-electron chi connectivity index (χ0n) is 18.5.